The largest absolute Gasteiger partial charge is 0.320 e. The molecule has 1 fully saturated rings. The summed E-state index contributed by atoms with van der Waals surface area (Å²) in [6, 6.07) is 8.37. The molecule has 0 radical (unpaired) electrons. The number of benzene rings is 1. The molecule has 0 aliphatic carbocycles. The van der Waals surface area contributed by atoms with Crippen LogP contribution in [-0.4, -0.2) is 48.4 Å². The van der Waals surface area contributed by atoms with E-state index in [4.69, 9.17) is 0 Å². The van der Waals surface area contributed by atoms with Gasteiger partial charge in [-0.05, 0) is 32.5 Å². The Morgan fingerprint density at radius 2 is 2.10 bits per heavy atom. The molecule has 1 aliphatic heterocycles. The first-order chi connectivity index (χ1) is 10.1. The quantitative estimate of drug-likeness (QED) is 0.871. The summed E-state index contributed by atoms with van der Waals surface area (Å²) >= 11 is 0. The van der Waals surface area contributed by atoms with Gasteiger partial charge >= 0.3 is 0 Å². The van der Waals surface area contributed by atoms with Crippen LogP contribution in [0.2, 0.25) is 0 Å². The maximum Gasteiger partial charge on any atom is 0.241 e. The second kappa shape index (κ2) is 7.05. The van der Waals surface area contributed by atoms with Crippen molar-refractivity contribution in [1.29, 1.82) is 0 Å². The summed E-state index contributed by atoms with van der Waals surface area (Å²) in [5, 5.41) is 3.48. The van der Waals surface area contributed by atoms with Crippen LogP contribution >= 0.6 is 0 Å². The van der Waals surface area contributed by atoms with Crippen molar-refractivity contribution in [3.05, 3.63) is 35.4 Å². The summed E-state index contributed by atoms with van der Waals surface area (Å²) < 4.78 is 0. The highest BCUT2D eigenvalue weighted by molar-refractivity contribution is 5.84. The smallest absolute Gasteiger partial charge is 0.241 e. The van der Waals surface area contributed by atoms with Gasteiger partial charge in [0.1, 0.15) is 6.17 Å². The summed E-state index contributed by atoms with van der Waals surface area (Å²) in [4.78, 5) is 16.8. The molecule has 4 heteroatoms. The maximum atomic E-state index is 12.6. The fraction of sp³-hybridized carbons (Fsp3) is 0.588. The molecule has 1 saturated heterocycles. The predicted molar refractivity (Wildman–Crippen MR) is 86.0 cm³/mol. The molecule has 0 aromatic heterocycles. The molecule has 1 aromatic carbocycles. The van der Waals surface area contributed by atoms with E-state index in [0.717, 1.165) is 26.1 Å². The third kappa shape index (κ3) is 3.63. The first kappa shape index (κ1) is 16.0. The van der Waals surface area contributed by atoms with Gasteiger partial charge in [0.15, 0.2) is 0 Å². The fourth-order valence-electron chi connectivity index (χ4n) is 2.76. The second-order valence-corrected chi connectivity index (χ2v) is 5.87. The molecule has 1 N–H and O–H groups in total. The lowest BCUT2D eigenvalue weighted by molar-refractivity contribution is -0.130. The molecule has 0 bridgehead atoms. The van der Waals surface area contributed by atoms with E-state index in [9.17, 15) is 4.79 Å². The normalized spacial score (nSPS) is 22.3. The van der Waals surface area contributed by atoms with E-state index in [0.29, 0.717) is 0 Å². The van der Waals surface area contributed by atoms with Gasteiger partial charge in [0.05, 0.1) is 6.04 Å². The minimum atomic E-state index is -0.0533. The number of aryl methyl sites for hydroxylation is 1. The molecular weight excluding hydrogens is 262 g/mol. The number of likely N-dealkylation sites (N-methyl/N-ethyl adjacent to an activating group) is 1. The number of carbonyl (C=O) groups excluding carboxylic acids is 1. The van der Waals surface area contributed by atoms with Crippen molar-refractivity contribution in [2.75, 3.05) is 26.7 Å². The van der Waals surface area contributed by atoms with Crippen molar-refractivity contribution < 1.29 is 4.79 Å². The highest BCUT2D eigenvalue weighted by Gasteiger charge is 2.38. The third-order valence-corrected chi connectivity index (χ3v) is 4.28. The monoisotopic (exact) mass is 289 g/mol. The van der Waals surface area contributed by atoms with Crippen molar-refractivity contribution in [2.24, 2.45) is 0 Å². The zero-order chi connectivity index (χ0) is 15.4. The minimum Gasteiger partial charge on any atom is -0.320 e. The molecule has 2 unspecified atom stereocenters. The Labute approximate surface area is 128 Å². The Morgan fingerprint density at radius 1 is 1.33 bits per heavy atom. The van der Waals surface area contributed by atoms with Gasteiger partial charge in [0, 0.05) is 13.1 Å². The summed E-state index contributed by atoms with van der Waals surface area (Å²) in [6.45, 7) is 8.96. The van der Waals surface area contributed by atoms with Crippen LogP contribution in [-0.2, 0) is 4.79 Å². The van der Waals surface area contributed by atoms with Gasteiger partial charge in [-0.15, -0.1) is 0 Å². The Balaban J connectivity index is 2.18. The SMILES string of the molecule is CCC1NC(c2cccc(C)c2)N(CCN(C)CC)C1=O. The summed E-state index contributed by atoms with van der Waals surface area (Å²) in [5.41, 5.74) is 2.41. The van der Waals surface area contributed by atoms with E-state index < -0.39 is 0 Å². The van der Waals surface area contributed by atoms with Crippen molar-refractivity contribution in [2.45, 2.75) is 39.4 Å². The summed E-state index contributed by atoms with van der Waals surface area (Å²) in [6.07, 6.45) is 0.842. The van der Waals surface area contributed by atoms with Crippen LogP contribution in [0.25, 0.3) is 0 Å². The number of carbonyl (C=O) groups is 1. The summed E-state index contributed by atoms with van der Waals surface area (Å²) in [5.74, 6) is 0.230. The zero-order valence-electron chi connectivity index (χ0n) is 13.6. The molecule has 4 nitrogen and oxygen atoms in total. The summed E-state index contributed by atoms with van der Waals surface area (Å²) in [7, 11) is 2.09. The molecule has 116 valence electrons. The Morgan fingerprint density at radius 3 is 2.71 bits per heavy atom. The average molecular weight is 289 g/mol. The van der Waals surface area contributed by atoms with E-state index >= 15 is 0 Å². The van der Waals surface area contributed by atoms with Crippen LogP contribution in [0.4, 0.5) is 0 Å². The Hall–Kier alpha value is -1.39. The van der Waals surface area contributed by atoms with E-state index in [1.807, 2.05) is 4.90 Å². The van der Waals surface area contributed by atoms with Crippen LogP contribution in [0, 0.1) is 6.92 Å². The van der Waals surface area contributed by atoms with Gasteiger partial charge in [-0.3, -0.25) is 10.1 Å². The standard InChI is InChI=1S/C17H27N3O/c1-5-15-17(21)20(11-10-19(4)6-2)16(18-15)14-9-7-8-13(3)12-14/h7-9,12,15-16,18H,5-6,10-11H2,1-4H3. The highest BCUT2D eigenvalue weighted by atomic mass is 16.2. The van der Waals surface area contributed by atoms with Crippen LogP contribution < -0.4 is 5.32 Å². The van der Waals surface area contributed by atoms with Gasteiger partial charge in [-0.25, -0.2) is 0 Å². The van der Waals surface area contributed by atoms with Gasteiger partial charge in [-0.2, -0.15) is 0 Å². The van der Waals surface area contributed by atoms with Crippen molar-refractivity contribution in [3.8, 4) is 0 Å². The fourth-order valence-corrected chi connectivity index (χ4v) is 2.76. The molecule has 21 heavy (non-hydrogen) atoms. The van der Waals surface area contributed by atoms with E-state index in [1.54, 1.807) is 0 Å². The first-order valence-electron chi connectivity index (χ1n) is 7.88. The molecule has 1 aliphatic rings. The van der Waals surface area contributed by atoms with Gasteiger partial charge < -0.3 is 9.80 Å². The van der Waals surface area contributed by atoms with Crippen molar-refractivity contribution in [1.82, 2.24) is 15.1 Å². The van der Waals surface area contributed by atoms with Crippen LogP contribution in [0.1, 0.15) is 37.6 Å². The Bertz CT molecular complexity index is 489. The molecule has 0 saturated carbocycles. The number of rotatable bonds is 6. The number of hydrogen-bond donors (Lipinski definition) is 1. The van der Waals surface area contributed by atoms with Gasteiger partial charge in [0.2, 0.25) is 5.91 Å². The number of nitrogens with one attached hydrogen (secondary N) is 1. The molecular formula is C17H27N3O. The maximum absolute atomic E-state index is 12.6. The van der Waals surface area contributed by atoms with E-state index in [-0.39, 0.29) is 18.1 Å². The lowest BCUT2D eigenvalue weighted by Gasteiger charge is -2.27. The lowest BCUT2D eigenvalue weighted by atomic mass is 10.1. The molecule has 1 amide bonds. The van der Waals surface area contributed by atoms with Gasteiger partial charge in [-0.1, -0.05) is 43.7 Å². The molecule has 1 aromatic rings. The number of amides is 1. The predicted octanol–water partition coefficient (Wildman–Crippen LogP) is 2.16. The topological polar surface area (TPSA) is 35.6 Å². The first-order valence-corrected chi connectivity index (χ1v) is 7.88. The van der Waals surface area contributed by atoms with Crippen LogP contribution in [0.5, 0.6) is 0 Å². The second-order valence-electron chi connectivity index (χ2n) is 5.87. The molecule has 2 atom stereocenters. The molecule has 1 heterocycles. The van der Waals surface area contributed by atoms with E-state index in [2.05, 4.69) is 62.3 Å². The van der Waals surface area contributed by atoms with E-state index in [1.165, 1.54) is 11.1 Å². The molecule has 2 rings (SSSR count). The van der Waals surface area contributed by atoms with Crippen molar-refractivity contribution >= 4 is 5.91 Å². The molecule has 0 spiro atoms. The lowest BCUT2D eigenvalue weighted by Crippen LogP contribution is -2.37. The zero-order valence-corrected chi connectivity index (χ0v) is 13.6. The van der Waals surface area contributed by atoms with Crippen molar-refractivity contribution in [3.63, 3.8) is 0 Å². The highest BCUT2D eigenvalue weighted by Crippen LogP contribution is 2.26. The minimum absolute atomic E-state index is 0.00704. The van der Waals surface area contributed by atoms with Crippen LogP contribution in [0.3, 0.4) is 0 Å². The average Bonchev–Trinajstić information content (AvgIpc) is 2.81. The Kier molecular flexibility index (Phi) is 5.37. The van der Waals surface area contributed by atoms with Crippen LogP contribution in [0.15, 0.2) is 24.3 Å². The number of nitrogens with zero attached hydrogens (tertiary/aromatic N) is 2. The van der Waals surface area contributed by atoms with Gasteiger partial charge in [0.25, 0.3) is 0 Å². The number of hydrogen-bond acceptors (Lipinski definition) is 3. The third-order valence-electron chi connectivity index (χ3n) is 4.28.